The quantitative estimate of drug-likeness (QED) is 0.777. The van der Waals surface area contributed by atoms with Gasteiger partial charge in [-0.25, -0.2) is 4.98 Å². The summed E-state index contributed by atoms with van der Waals surface area (Å²) in [6.45, 7) is 4.31. The van der Waals surface area contributed by atoms with E-state index in [-0.39, 0.29) is 43.6 Å². The minimum absolute atomic E-state index is 0. The number of thiazole rings is 1. The monoisotopic (exact) mass is 431 g/mol. The van der Waals surface area contributed by atoms with Crippen molar-refractivity contribution in [3.05, 3.63) is 29.3 Å². The van der Waals surface area contributed by atoms with E-state index in [4.69, 9.17) is 9.47 Å². The van der Waals surface area contributed by atoms with E-state index < -0.39 is 0 Å². The van der Waals surface area contributed by atoms with Crippen molar-refractivity contribution in [2.45, 2.75) is 25.8 Å². The molecule has 27 heavy (non-hydrogen) atoms. The average molecular weight is 432 g/mol. The Bertz CT molecular complexity index is 787. The Morgan fingerprint density at radius 1 is 1.33 bits per heavy atom. The van der Waals surface area contributed by atoms with Gasteiger partial charge in [-0.15, -0.1) is 36.2 Å². The lowest BCUT2D eigenvalue weighted by molar-refractivity contribution is -0.121. The maximum absolute atomic E-state index is 12.3. The van der Waals surface area contributed by atoms with Crippen LogP contribution < -0.4 is 20.1 Å². The smallest absolute Gasteiger partial charge is 0.231 e. The summed E-state index contributed by atoms with van der Waals surface area (Å²) in [6, 6.07) is 5.99. The summed E-state index contributed by atoms with van der Waals surface area (Å²) in [5.41, 5.74) is 1.78. The molecular formula is C18H23Cl2N3O3S. The van der Waals surface area contributed by atoms with Crippen LogP contribution in [0, 0.1) is 5.92 Å². The van der Waals surface area contributed by atoms with Crippen LogP contribution in [0.2, 0.25) is 0 Å². The van der Waals surface area contributed by atoms with Gasteiger partial charge >= 0.3 is 0 Å². The van der Waals surface area contributed by atoms with Gasteiger partial charge in [-0.3, -0.25) is 4.79 Å². The van der Waals surface area contributed by atoms with Crippen LogP contribution >= 0.6 is 36.2 Å². The highest BCUT2D eigenvalue weighted by Crippen LogP contribution is 2.36. The van der Waals surface area contributed by atoms with Crippen molar-refractivity contribution in [3.63, 3.8) is 0 Å². The zero-order valence-electron chi connectivity index (χ0n) is 14.9. The second-order valence-corrected chi connectivity index (χ2v) is 7.39. The Balaban J connectivity index is 0.00000131. The van der Waals surface area contributed by atoms with Gasteiger partial charge < -0.3 is 20.1 Å². The van der Waals surface area contributed by atoms with Crippen LogP contribution in [-0.2, 0) is 11.2 Å². The summed E-state index contributed by atoms with van der Waals surface area (Å²) < 4.78 is 10.7. The molecule has 4 rings (SSSR count). The predicted molar refractivity (Wildman–Crippen MR) is 110 cm³/mol. The van der Waals surface area contributed by atoms with Gasteiger partial charge in [-0.1, -0.05) is 6.92 Å². The van der Waals surface area contributed by atoms with Crippen LogP contribution in [0.25, 0.3) is 10.6 Å². The minimum atomic E-state index is 0. The van der Waals surface area contributed by atoms with Crippen molar-refractivity contribution in [1.29, 1.82) is 0 Å². The Morgan fingerprint density at radius 2 is 2.15 bits per heavy atom. The fourth-order valence-electron chi connectivity index (χ4n) is 3.16. The van der Waals surface area contributed by atoms with Crippen LogP contribution in [0.5, 0.6) is 11.5 Å². The Labute approximate surface area is 174 Å². The fraction of sp³-hybridized carbons (Fsp3) is 0.444. The maximum Gasteiger partial charge on any atom is 0.231 e. The summed E-state index contributed by atoms with van der Waals surface area (Å²) in [6.07, 6.45) is 1.40. The topological polar surface area (TPSA) is 72.5 Å². The van der Waals surface area contributed by atoms with Crippen LogP contribution in [0.15, 0.2) is 23.6 Å². The fourth-order valence-corrected chi connectivity index (χ4v) is 3.97. The number of aromatic nitrogens is 1. The van der Waals surface area contributed by atoms with Gasteiger partial charge in [0.25, 0.3) is 0 Å². The molecule has 0 aliphatic carbocycles. The number of nitrogens with zero attached hydrogens (tertiary/aromatic N) is 1. The number of carbonyl (C=O) groups is 1. The molecule has 0 radical (unpaired) electrons. The van der Waals surface area contributed by atoms with Gasteiger partial charge in [-0.05, 0) is 37.1 Å². The molecule has 3 heterocycles. The standard InChI is InChI=1S/C18H21N3O3S.2ClH/c1-11-4-5-19-8-14(11)21-17(22)7-13-9-25-18(20-13)12-2-3-15-16(6-12)24-10-23-15;;/h2-3,6,9,11,14,19H,4-5,7-8,10H2,1H3,(H,21,22);2*1H. The van der Waals surface area contributed by atoms with Gasteiger partial charge in [-0.2, -0.15) is 0 Å². The van der Waals surface area contributed by atoms with Crippen LogP contribution in [0.3, 0.4) is 0 Å². The van der Waals surface area contributed by atoms with Crippen LogP contribution in [-0.4, -0.2) is 36.8 Å². The molecule has 0 bridgehead atoms. The molecular weight excluding hydrogens is 409 g/mol. The van der Waals surface area contributed by atoms with Gasteiger partial charge in [0.2, 0.25) is 12.7 Å². The molecule has 148 valence electrons. The molecule has 2 aliphatic heterocycles. The SMILES string of the molecule is CC1CCNCC1NC(=O)Cc1csc(-c2ccc3c(c2)OCO3)n1.Cl.Cl. The molecule has 0 saturated carbocycles. The largest absolute Gasteiger partial charge is 0.454 e. The number of piperidine rings is 1. The van der Waals surface area contributed by atoms with Crippen molar-refractivity contribution < 1.29 is 14.3 Å². The van der Waals surface area contributed by atoms with Crippen molar-refractivity contribution in [2.24, 2.45) is 5.92 Å². The summed E-state index contributed by atoms with van der Waals surface area (Å²) in [4.78, 5) is 16.9. The molecule has 1 fully saturated rings. The van der Waals surface area contributed by atoms with E-state index >= 15 is 0 Å². The maximum atomic E-state index is 12.3. The van der Waals surface area contributed by atoms with Gasteiger partial charge in [0.15, 0.2) is 11.5 Å². The first kappa shape index (κ1) is 21.8. The third-order valence-electron chi connectivity index (χ3n) is 4.69. The lowest BCUT2D eigenvalue weighted by Crippen LogP contribution is -2.50. The summed E-state index contributed by atoms with van der Waals surface area (Å²) >= 11 is 1.54. The lowest BCUT2D eigenvalue weighted by atomic mass is 9.95. The van der Waals surface area contributed by atoms with E-state index in [0.29, 0.717) is 12.3 Å². The number of rotatable bonds is 4. The molecule has 1 saturated heterocycles. The molecule has 2 unspecified atom stereocenters. The highest BCUT2D eigenvalue weighted by Gasteiger charge is 2.23. The number of ether oxygens (including phenoxy) is 2. The third-order valence-corrected chi connectivity index (χ3v) is 5.63. The Morgan fingerprint density at radius 3 is 2.96 bits per heavy atom. The molecule has 2 N–H and O–H groups in total. The van der Waals surface area contributed by atoms with E-state index in [0.717, 1.165) is 47.3 Å². The van der Waals surface area contributed by atoms with Crippen molar-refractivity contribution in [1.82, 2.24) is 15.6 Å². The van der Waals surface area contributed by atoms with E-state index in [1.54, 1.807) is 0 Å². The van der Waals surface area contributed by atoms with Crippen LogP contribution in [0.4, 0.5) is 0 Å². The summed E-state index contributed by atoms with van der Waals surface area (Å²) in [7, 11) is 0. The van der Waals surface area contributed by atoms with E-state index in [1.165, 1.54) is 11.3 Å². The number of amides is 1. The predicted octanol–water partition coefficient (Wildman–Crippen LogP) is 3.04. The highest BCUT2D eigenvalue weighted by molar-refractivity contribution is 7.13. The highest BCUT2D eigenvalue weighted by atomic mass is 35.5. The van der Waals surface area contributed by atoms with Crippen LogP contribution in [0.1, 0.15) is 19.0 Å². The molecule has 1 aromatic carbocycles. The molecule has 6 nitrogen and oxygen atoms in total. The average Bonchev–Trinajstić information content (AvgIpc) is 3.25. The number of hydrogen-bond donors (Lipinski definition) is 2. The first-order valence-electron chi connectivity index (χ1n) is 8.53. The number of carbonyl (C=O) groups excluding carboxylic acids is 1. The van der Waals surface area contributed by atoms with Crippen molar-refractivity contribution in [3.8, 4) is 22.1 Å². The lowest BCUT2D eigenvalue weighted by Gasteiger charge is -2.30. The van der Waals surface area contributed by atoms with E-state index in [2.05, 4.69) is 22.5 Å². The molecule has 9 heteroatoms. The zero-order chi connectivity index (χ0) is 17.2. The number of nitrogens with one attached hydrogen (secondary N) is 2. The summed E-state index contributed by atoms with van der Waals surface area (Å²) in [5, 5.41) is 9.29. The second kappa shape index (κ2) is 9.59. The first-order valence-corrected chi connectivity index (χ1v) is 9.41. The minimum Gasteiger partial charge on any atom is -0.454 e. The van der Waals surface area contributed by atoms with E-state index in [1.807, 2.05) is 23.6 Å². The van der Waals surface area contributed by atoms with Crippen molar-refractivity contribution in [2.75, 3.05) is 19.9 Å². The number of fused-ring (bicyclic) bond motifs is 1. The Kier molecular flexibility index (Phi) is 7.73. The van der Waals surface area contributed by atoms with Gasteiger partial charge in [0.1, 0.15) is 5.01 Å². The molecule has 2 atom stereocenters. The molecule has 0 spiro atoms. The first-order chi connectivity index (χ1) is 12.2. The van der Waals surface area contributed by atoms with E-state index in [9.17, 15) is 4.79 Å². The van der Waals surface area contributed by atoms with Crippen molar-refractivity contribution >= 4 is 42.1 Å². The molecule has 1 aromatic heterocycles. The number of benzene rings is 1. The normalized spacial score (nSPS) is 20.3. The van der Waals surface area contributed by atoms with Gasteiger partial charge in [0, 0.05) is 23.5 Å². The molecule has 2 aromatic rings. The third kappa shape index (κ3) is 5.04. The van der Waals surface area contributed by atoms with Gasteiger partial charge in [0.05, 0.1) is 12.1 Å². The second-order valence-electron chi connectivity index (χ2n) is 6.53. The Hall–Kier alpha value is -1.54. The summed E-state index contributed by atoms with van der Waals surface area (Å²) in [5.74, 6) is 2.04. The number of hydrogen-bond acceptors (Lipinski definition) is 6. The number of halogens is 2. The molecule has 1 amide bonds. The molecule has 2 aliphatic rings. The zero-order valence-corrected chi connectivity index (χ0v) is 17.3.